The predicted molar refractivity (Wildman–Crippen MR) is 95.2 cm³/mol. The first-order valence-electron chi connectivity index (χ1n) is 7.71. The summed E-state index contributed by atoms with van der Waals surface area (Å²) >= 11 is 0. The first-order valence-corrected chi connectivity index (χ1v) is 9.19. The molecule has 2 rings (SSSR count). The molecular weight excluding hydrogens is 354 g/mol. The van der Waals surface area contributed by atoms with Crippen LogP contribution in [0.5, 0.6) is 0 Å². The van der Waals surface area contributed by atoms with E-state index in [1.54, 1.807) is 13.8 Å². The van der Waals surface area contributed by atoms with Crippen molar-refractivity contribution in [1.82, 2.24) is 10.0 Å². The first kappa shape index (κ1) is 20.8. The first-order chi connectivity index (χ1) is 10.7. The molecule has 1 saturated heterocycles. The molecule has 0 bridgehead atoms. The number of nitro benzene ring substituents is 1. The zero-order valence-electron chi connectivity index (χ0n) is 14.0. The summed E-state index contributed by atoms with van der Waals surface area (Å²) in [4.78, 5) is 10.3. The van der Waals surface area contributed by atoms with Gasteiger partial charge in [-0.1, -0.05) is 0 Å². The standard InChI is InChI=1S/C15H23N3O4S.ClH/c1-10-7-14(18(19)20)15(8-11(10)2)23(21,22)17-12(3)13-5-4-6-16-9-13;/h7-8,12-13,16-17H,4-6,9H2,1-3H3;1H. The van der Waals surface area contributed by atoms with Crippen LogP contribution in [0, 0.1) is 29.9 Å². The number of benzene rings is 1. The van der Waals surface area contributed by atoms with Crippen molar-refractivity contribution in [3.05, 3.63) is 33.4 Å². The maximum atomic E-state index is 12.6. The summed E-state index contributed by atoms with van der Waals surface area (Å²) in [5, 5.41) is 14.5. The van der Waals surface area contributed by atoms with E-state index >= 15 is 0 Å². The number of hydrogen-bond acceptors (Lipinski definition) is 5. The number of nitrogens with zero attached hydrogens (tertiary/aromatic N) is 1. The minimum Gasteiger partial charge on any atom is -0.316 e. The molecule has 7 nitrogen and oxygen atoms in total. The van der Waals surface area contributed by atoms with Crippen molar-refractivity contribution in [1.29, 1.82) is 0 Å². The van der Waals surface area contributed by atoms with Crippen LogP contribution in [0.3, 0.4) is 0 Å². The number of piperidine rings is 1. The molecular formula is C15H24ClN3O4S. The quantitative estimate of drug-likeness (QED) is 0.605. The molecule has 1 aliphatic heterocycles. The zero-order valence-corrected chi connectivity index (χ0v) is 15.7. The lowest BCUT2D eigenvalue weighted by Crippen LogP contribution is -2.44. The summed E-state index contributed by atoms with van der Waals surface area (Å²) in [7, 11) is -3.94. The van der Waals surface area contributed by atoms with Crippen molar-refractivity contribution in [2.75, 3.05) is 13.1 Å². The van der Waals surface area contributed by atoms with E-state index < -0.39 is 14.9 Å². The lowest BCUT2D eigenvalue weighted by atomic mass is 9.94. The number of rotatable bonds is 5. The topological polar surface area (TPSA) is 101 Å². The van der Waals surface area contributed by atoms with Gasteiger partial charge in [0.05, 0.1) is 4.92 Å². The van der Waals surface area contributed by atoms with E-state index in [1.165, 1.54) is 12.1 Å². The maximum Gasteiger partial charge on any atom is 0.289 e. The van der Waals surface area contributed by atoms with Gasteiger partial charge < -0.3 is 5.32 Å². The number of sulfonamides is 1. The van der Waals surface area contributed by atoms with Crippen LogP contribution in [0.25, 0.3) is 0 Å². The van der Waals surface area contributed by atoms with Crippen LogP contribution in [0.1, 0.15) is 30.9 Å². The fraction of sp³-hybridized carbons (Fsp3) is 0.600. The van der Waals surface area contributed by atoms with Gasteiger partial charge in [0.25, 0.3) is 5.69 Å². The molecule has 2 N–H and O–H groups in total. The molecule has 1 fully saturated rings. The minimum atomic E-state index is -3.94. The Kier molecular flexibility index (Phi) is 7.15. The van der Waals surface area contributed by atoms with E-state index in [0.29, 0.717) is 11.1 Å². The fourth-order valence-electron chi connectivity index (χ4n) is 2.84. The van der Waals surface area contributed by atoms with Crippen LogP contribution in [0.2, 0.25) is 0 Å². The Morgan fingerprint density at radius 1 is 1.33 bits per heavy atom. The van der Waals surface area contributed by atoms with Crippen LogP contribution < -0.4 is 10.0 Å². The molecule has 1 aromatic carbocycles. The molecule has 0 saturated carbocycles. The third kappa shape index (κ3) is 4.66. The van der Waals surface area contributed by atoms with Crippen molar-refractivity contribution in [2.24, 2.45) is 5.92 Å². The van der Waals surface area contributed by atoms with Crippen molar-refractivity contribution < 1.29 is 13.3 Å². The van der Waals surface area contributed by atoms with Gasteiger partial charge in [0.2, 0.25) is 10.0 Å². The molecule has 24 heavy (non-hydrogen) atoms. The van der Waals surface area contributed by atoms with Crippen LogP contribution >= 0.6 is 12.4 Å². The lowest BCUT2D eigenvalue weighted by Gasteiger charge is -2.28. The molecule has 0 amide bonds. The van der Waals surface area contributed by atoms with Crippen LogP contribution in [-0.2, 0) is 10.0 Å². The molecule has 2 unspecified atom stereocenters. The van der Waals surface area contributed by atoms with Crippen LogP contribution in [0.4, 0.5) is 5.69 Å². The highest BCUT2D eigenvalue weighted by molar-refractivity contribution is 7.89. The normalized spacial score (nSPS) is 19.4. The number of halogens is 1. The number of nitro groups is 1. The van der Waals surface area contributed by atoms with Crippen molar-refractivity contribution in [3.8, 4) is 0 Å². The summed E-state index contributed by atoms with van der Waals surface area (Å²) in [5.41, 5.74) is 1.03. The second kappa shape index (κ2) is 8.24. The molecule has 1 aromatic rings. The Labute approximate surface area is 148 Å². The van der Waals surface area contributed by atoms with Crippen molar-refractivity contribution in [2.45, 2.75) is 44.6 Å². The van der Waals surface area contributed by atoms with Gasteiger partial charge >= 0.3 is 0 Å². The van der Waals surface area contributed by atoms with E-state index in [1.807, 2.05) is 6.92 Å². The van der Waals surface area contributed by atoms with Gasteiger partial charge in [-0.15, -0.1) is 12.4 Å². The van der Waals surface area contributed by atoms with Gasteiger partial charge in [-0.3, -0.25) is 10.1 Å². The zero-order chi connectivity index (χ0) is 17.2. The summed E-state index contributed by atoms with van der Waals surface area (Å²) in [6, 6.07) is 2.41. The fourth-order valence-corrected chi connectivity index (χ4v) is 4.39. The summed E-state index contributed by atoms with van der Waals surface area (Å²) in [6.07, 6.45) is 1.94. The Bertz CT molecular complexity index is 703. The molecule has 1 heterocycles. The Hall–Kier alpha value is -1.22. The number of hydrogen-bond donors (Lipinski definition) is 2. The average molecular weight is 378 g/mol. The summed E-state index contributed by atoms with van der Waals surface area (Å²) < 4.78 is 27.9. The number of aryl methyl sites for hydroxylation is 2. The van der Waals surface area contributed by atoms with E-state index in [-0.39, 0.29) is 34.9 Å². The summed E-state index contributed by atoms with van der Waals surface area (Å²) in [5.74, 6) is 0.184. The smallest absolute Gasteiger partial charge is 0.289 e. The highest BCUT2D eigenvalue weighted by Crippen LogP contribution is 2.28. The van der Waals surface area contributed by atoms with Gasteiger partial charge in [0.1, 0.15) is 0 Å². The third-order valence-corrected chi connectivity index (χ3v) is 6.03. The number of nitrogens with one attached hydrogen (secondary N) is 2. The lowest BCUT2D eigenvalue weighted by molar-refractivity contribution is -0.387. The van der Waals surface area contributed by atoms with Gasteiger partial charge in [-0.05, 0) is 69.8 Å². The van der Waals surface area contributed by atoms with Gasteiger partial charge in [0, 0.05) is 12.1 Å². The summed E-state index contributed by atoms with van der Waals surface area (Å²) in [6.45, 7) is 6.97. The van der Waals surface area contributed by atoms with Crippen LogP contribution in [0.15, 0.2) is 17.0 Å². The van der Waals surface area contributed by atoms with E-state index in [2.05, 4.69) is 10.0 Å². The van der Waals surface area contributed by atoms with Gasteiger partial charge in [0.15, 0.2) is 4.90 Å². The SMILES string of the molecule is Cc1cc([N+](=O)[O-])c(S(=O)(=O)NC(C)C2CCCNC2)cc1C.Cl. The molecule has 2 atom stereocenters. The molecule has 0 spiro atoms. The maximum absolute atomic E-state index is 12.6. The molecule has 136 valence electrons. The largest absolute Gasteiger partial charge is 0.316 e. The molecule has 0 aromatic heterocycles. The average Bonchev–Trinajstić information content (AvgIpc) is 2.49. The third-order valence-electron chi connectivity index (χ3n) is 4.44. The van der Waals surface area contributed by atoms with Gasteiger partial charge in [-0.2, -0.15) is 0 Å². The van der Waals surface area contributed by atoms with Crippen LogP contribution in [-0.4, -0.2) is 32.5 Å². The Morgan fingerprint density at radius 3 is 2.50 bits per heavy atom. The molecule has 0 radical (unpaired) electrons. The molecule has 0 aliphatic carbocycles. The van der Waals surface area contributed by atoms with Crippen molar-refractivity contribution in [3.63, 3.8) is 0 Å². The Morgan fingerprint density at radius 2 is 1.96 bits per heavy atom. The second-order valence-corrected chi connectivity index (χ2v) is 7.86. The van der Waals surface area contributed by atoms with E-state index in [9.17, 15) is 18.5 Å². The molecule has 1 aliphatic rings. The van der Waals surface area contributed by atoms with Crippen molar-refractivity contribution >= 4 is 28.1 Å². The minimum absolute atomic E-state index is 0. The second-order valence-electron chi connectivity index (χ2n) is 6.18. The van der Waals surface area contributed by atoms with E-state index in [0.717, 1.165) is 25.9 Å². The Balaban J connectivity index is 0.00000288. The highest BCUT2D eigenvalue weighted by Gasteiger charge is 2.30. The monoisotopic (exact) mass is 377 g/mol. The van der Waals surface area contributed by atoms with Gasteiger partial charge in [-0.25, -0.2) is 13.1 Å². The molecule has 9 heteroatoms. The predicted octanol–water partition coefficient (Wildman–Crippen LogP) is 2.30. The van der Waals surface area contributed by atoms with E-state index in [4.69, 9.17) is 0 Å². The highest BCUT2D eigenvalue weighted by atomic mass is 35.5.